The maximum Gasteiger partial charge on any atom is 1.00 e. The number of fused-ring (bicyclic) bond motifs is 2. The molecule has 0 spiro atoms. The normalized spacial score (nSPS) is 16.3. The first-order chi connectivity index (χ1) is 10.6. The Morgan fingerprint density at radius 3 is 2.57 bits per heavy atom. The molecule has 0 bridgehead atoms. The van der Waals surface area contributed by atoms with Gasteiger partial charge in [0.15, 0.2) is 5.78 Å². The van der Waals surface area contributed by atoms with E-state index in [9.17, 15) is 9.59 Å². The van der Waals surface area contributed by atoms with Crippen LogP contribution in [0.3, 0.4) is 0 Å². The quantitative estimate of drug-likeness (QED) is 0.462. The Kier molecular flexibility index (Phi) is 4.74. The maximum atomic E-state index is 12.6. The zero-order valence-electron chi connectivity index (χ0n) is 13.0. The summed E-state index contributed by atoms with van der Waals surface area (Å²) in [6.07, 6.45) is 0. The number of aryl methyl sites for hydroxylation is 1. The monoisotopic (exact) mass is 371 g/mol. The van der Waals surface area contributed by atoms with Gasteiger partial charge >= 0.3 is 58.2 Å². The van der Waals surface area contributed by atoms with Crippen LogP contribution in [0.25, 0.3) is 10.9 Å². The van der Waals surface area contributed by atoms with Gasteiger partial charge in [-0.05, 0) is 12.1 Å². The number of nitrogens with zero attached hydrogens (tertiary/aromatic N) is 1. The molecule has 0 N–H and O–H groups in total. The van der Waals surface area contributed by atoms with Gasteiger partial charge in [-0.2, -0.15) is 23.8 Å². The fraction of sp³-hybridized carbons (Fsp3) is 0.105. The maximum absolute atomic E-state index is 12.6. The largest absolute Gasteiger partial charge is 1.00 e. The minimum atomic E-state index is -0.824. The summed E-state index contributed by atoms with van der Waals surface area (Å²) >= 11 is 0. The van der Waals surface area contributed by atoms with Gasteiger partial charge in [0.1, 0.15) is 11.7 Å². The third-order valence-electron chi connectivity index (χ3n) is 4.07. The molecular weight excluding hydrogens is 360 g/mol. The predicted octanol–water partition coefficient (Wildman–Crippen LogP) is 0.510. The average Bonchev–Trinajstić information content (AvgIpc) is 2.78. The molecule has 1 unspecified atom stereocenters. The van der Waals surface area contributed by atoms with Gasteiger partial charge in [-0.3, -0.25) is 9.78 Å². The van der Waals surface area contributed by atoms with Crippen molar-refractivity contribution in [2.75, 3.05) is 0 Å². The third-order valence-corrected chi connectivity index (χ3v) is 4.07. The molecule has 0 saturated carbocycles. The minimum Gasteiger partial charge on any atom is -0.307 e. The summed E-state index contributed by atoms with van der Waals surface area (Å²) in [6, 6.07) is 17.7. The minimum absolute atomic E-state index is 0. The number of ketones is 2. The molecule has 0 amide bonds. The summed E-state index contributed by atoms with van der Waals surface area (Å²) in [7, 11) is 0. The zero-order valence-corrected chi connectivity index (χ0v) is 17.9. The van der Waals surface area contributed by atoms with Crippen LogP contribution in [0.5, 0.6) is 0 Å². The van der Waals surface area contributed by atoms with Crippen molar-refractivity contribution in [2.24, 2.45) is 0 Å². The van der Waals surface area contributed by atoms with Crippen molar-refractivity contribution in [1.29, 1.82) is 0 Å². The van der Waals surface area contributed by atoms with E-state index in [4.69, 9.17) is 0 Å². The van der Waals surface area contributed by atoms with Crippen LogP contribution in [0.1, 0.15) is 37.9 Å². The molecule has 2 aromatic carbocycles. The number of benzene rings is 2. The van der Waals surface area contributed by atoms with E-state index in [2.05, 4.69) is 11.1 Å². The Balaban J connectivity index is 0.00000156. The topological polar surface area (TPSA) is 47.0 Å². The third kappa shape index (κ3) is 2.80. The number of para-hydroxylation sites is 1. The molecule has 3 nitrogen and oxygen atoms in total. The molecular formula is C19H12NO2Rb. The Hall–Kier alpha value is -1.00. The molecule has 0 fully saturated rings. The molecule has 3 aromatic rings. The van der Waals surface area contributed by atoms with E-state index in [1.807, 2.05) is 37.3 Å². The van der Waals surface area contributed by atoms with E-state index in [-0.39, 0.29) is 69.8 Å². The number of pyridine rings is 1. The molecule has 4 heteroatoms. The van der Waals surface area contributed by atoms with Gasteiger partial charge in [-0.25, -0.2) is 0 Å². The number of carbonyl (C=O) groups is 2. The van der Waals surface area contributed by atoms with Gasteiger partial charge in [-0.1, -0.05) is 42.3 Å². The molecule has 106 valence electrons. The van der Waals surface area contributed by atoms with E-state index in [0.29, 0.717) is 16.8 Å². The van der Waals surface area contributed by atoms with Crippen molar-refractivity contribution in [3.05, 3.63) is 77.0 Å². The molecule has 1 aliphatic carbocycles. The van der Waals surface area contributed by atoms with Gasteiger partial charge < -0.3 is 4.79 Å². The first kappa shape index (κ1) is 16.8. The number of hydrogen-bond acceptors (Lipinski definition) is 3. The zero-order chi connectivity index (χ0) is 15.3. The predicted molar refractivity (Wildman–Crippen MR) is 83.2 cm³/mol. The SMILES string of the molecule is Cc1[c-]cc2c(c1)C(=O)C(c1ccc3ccccc3n1)C2=O.[Rb+]. The molecule has 1 aromatic heterocycles. The second-order valence-electron chi connectivity index (χ2n) is 5.53. The molecule has 0 radical (unpaired) electrons. The first-order valence-electron chi connectivity index (χ1n) is 7.11. The Bertz CT molecular complexity index is 949. The van der Waals surface area contributed by atoms with Gasteiger partial charge in [0.05, 0.1) is 11.2 Å². The van der Waals surface area contributed by atoms with Crippen LogP contribution in [0, 0.1) is 13.0 Å². The van der Waals surface area contributed by atoms with Crippen LogP contribution in [-0.4, -0.2) is 16.6 Å². The van der Waals surface area contributed by atoms with E-state index >= 15 is 0 Å². The summed E-state index contributed by atoms with van der Waals surface area (Å²) in [4.78, 5) is 29.7. The summed E-state index contributed by atoms with van der Waals surface area (Å²) < 4.78 is 0. The molecule has 1 atom stereocenters. The summed E-state index contributed by atoms with van der Waals surface area (Å²) in [5.74, 6) is -1.17. The Morgan fingerprint density at radius 2 is 1.74 bits per heavy atom. The van der Waals surface area contributed by atoms with Gasteiger partial charge in [0.25, 0.3) is 0 Å². The fourth-order valence-corrected chi connectivity index (χ4v) is 2.95. The molecule has 0 aliphatic heterocycles. The van der Waals surface area contributed by atoms with Crippen LogP contribution in [0.4, 0.5) is 0 Å². The number of carbonyl (C=O) groups excluding carboxylic acids is 2. The first-order valence-corrected chi connectivity index (χ1v) is 7.11. The molecule has 23 heavy (non-hydrogen) atoms. The number of hydrogen-bond donors (Lipinski definition) is 0. The Morgan fingerprint density at radius 1 is 1.00 bits per heavy atom. The second-order valence-corrected chi connectivity index (χ2v) is 5.53. The Labute approximate surface area is 182 Å². The summed E-state index contributed by atoms with van der Waals surface area (Å²) in [5, 5.41) is 0.992. The van der Waals surface area contributed by atoms with Crippen molar-refractivity contribution < 1.29 is 67.8 Å². The smallest absolute Gasteiger partial charge is 0.307 e. The van der Waals surface area contributed by atoms with Crippen molar-refractivity contribution in [1.82, 2.24) is 4.98 Å². The van der Waals surface area contributed by atoms with Crippen LogP contribution in [-0.2, 0) is 0 Å². The average molecular weight is 372 g/mol. The van der Waals surface area contributed by atoms with Crippen molar-refractivity contribution >= 4 is 22.5 Å². The number of aromatic nitrogens is 1. The summed E-state index contributed by atoms with van der Waals surface area (Å²) in [5.41, 5.74) is 3.10. The second kappa shape index (κ2) is 6.48. The van der Waals surface area contributed by atoms with E-state index in [1.54, 1.807) is 18.2 Å². The van der Waals surface area contributed by atoms with Crippen molar-refractivity contribution in [3.63, 3.8) is 0 Å². The number of rotatable bonds is 1. The van der Waals surface area contributed by atoms with Crippen LogP contribution >= 0.6 is 0 Å². The molecule has 1 heterocycles. The van der Waals surface area contributed by atoms with Crippen molar-refractivity contribution in [2.45, 2.75) is 12.8 Å². The van der Waals surface area contributed by atoms with E-state index < -0.39 is 5.92 Å². The number of Topliss-reactive ketones (excluding diaryl/α,β-unsaturated/α-hetero) is 2. The van der Waals surface area contributed by atoms with E-state index in [0.717, 1.165) is 16.5 Å². The van der Waals surface area contributed by atoms with Gasteiger partial charge in [-0.15, -0.1) is 0 Å². The summed E-state index contributed by atoms with van der Waals surface area (Å²) in [6.45, 7) is 1.86. The van der Waals surface area contributed by atoms with Crippen LogP contribution in [0.2, 0.25) is 0 Å². The van der Waals surface area contributed by atoms with Gasteiger partial charge in [0, 0.05) is 5.39 Å². The van der Waals surface area contributed by atoms with Gasteiger partial charge in [0.2, 0.25) is 0 Å². The standard InChI is InChI=1S/C19H12NO2.Rb/c1-11-6-8-13-14(10-11)19(22)17(18(13)21)16-9-7-12-4-2-3-5-15(12)20-16;/h2-5,7-10,17H,1H3;/q-1;+1. The van der Waals surface area contributed by atoms with Crippen molar-refractivity contribution in [3.8, 4) is 0 Å². The fourth-order valence-electron chi connectivity index (χ4n) is 2.95. The van der Waals surface area contributed by atoms with Crippen LogP contribution < -0.4 is 58.2 Å². The molecule has 1 aliphatic rings. The molecule has 0 saturated heterocycles. The van der Waals surface area contributed by atoms with E-state index in [1.165, 1.54) is 0 Å². The molecule has 4 rings (SSSR count). The van der Waals surface area contributed by atoms with Crippen LogP contribution in [0.15, 0.2) is 48.5 Å².